The van der Waals surface area contributed by atoms with E-state index in [0.717, 1.165) is 11.6 Å². The van der Waals surface area contributed by atoms with Crippen LogP contribution in [0.5, 0.6) is 0 Å². The van der Waals surface area contributed by atoms with Crippen LogP contribution in [0.4, 0.5) is 0 Å². The van der Waals surface area contributed by atoms with Crippen molar-refractivity contribution in [3.63, 3.8) is 0 Å². The lowest BCUT2D eigenvalue weighted by Gasteiger charge is -2.14. The third-order valence-electron chi connectivity index (χ3n) is 2.89. The molecule has 17 heavy (non-hydrogen) atoms. The van der Waals surface area contributed by atoms with Crippen LogP contribution in [0.25, 0.3) is 0 Å². The summed E-state index contributed by atoms with van der Waals surface area (Å²) in [4.78, 5) is 1.40. The van der Waals surface area contributed by atoms with E-state index in [1.807, 2.05) is 18.2 Å². The van der Waals surface area contributed by atoms with Gasteiger partial charge in [0.1, 0.15) is 0 Å². The monoisotopic (exact) mass is 265 g/mol. The van der Waals surface area contributed by atoms with Crippen LogP contribution in [0, 0.1) is 6.92 Å². The highest BCUT2D eigenvalue weighted by atomic mass is 35.5. The fourth-order valence-corrected chi connectivity index (χ4v) is 2.78. The van der Waals surface area contributed by atoms with Crippen LogP contribution in [0.1, 0.15) is 29.0 Å². The van der Waals surface area contributed by atoms with Crippen LogP contribution < -0.4 is 5.32 Å². The van der Waals surface area contributed by atoms with Crippen molar-refractivity contribution in [3.8, 4) is 0 Å². The summed E-state index contributed by atoms with van der Waals surface area (Å²) in [5, 5.41) is 6.45. The van der Waals surface area contributed by atoms with Gasteiger partial charge in [-0.05, 0) is 48.6 Å². The highest BCUT2D eigenvalue weighted by Gasteiger charge is 2.06. The van der Waals surface area contributed by atoms with E-state index < -0.39 is 0 Å². The second kappa shape index (κ2) is 5.67. The van der Waals surface area contributed by atoms with Gasteiger partial charge in [-0.3, -0.25) is 0 Å². The molecular formula is C14H16ClNS. The van der Waals surface area contributed by atoms with E-state index in [0.29, 0.717) is 6.04 Å². The predicted molar refractivity (Wildman–Crippen MR) is 75.8 cm³/mol. The van der Waals surface area contributed by atoms with Crippen molar-refractivity contribution in [1.29, 1.82) is 0 Å². The fraction of sp³-hybridized carbons (Fsp3) is 0.286. The van der Waals surface area contributed by atoms with Gasteiger partial charge in [-0.1, -0.05) is 23.7 Å². The fourth-order valence-electron chi connectivity index (χ4n) is 1.72. The average Bonchev–Trinajstić information content (AvgIpc) is 2.72. The predicted octanol–water partition coefficient (Wildman–Crippen LogP) is 4.56. The first-order valence-corrected chi connectivity index (χ1v) is 6.94. The lowest BCUT2D eigenvalue weighted by Crippen LogP contribution is -2.17. The van der Waals surface area contributed by atoms with Gasteiger partial charge in [0.05, 0.1) is 0 Å². The van der Waals surface area contributed by atoms with Gasteiger partial charge in [-0.15, -0.1) is 11.3 Å². The molecule has 1 N–H and O–H groups in total. The Morgan fingerprint density at radius 3 is 2.82 bits per heavy atom. The molecule has 0 bridgehead atoms. The molecule has 1 nitrogen and oxygen atoms in total. The minimum absolute atomic E-state index is 0.315. The zero-order chi connectivity index (χ0) is 12.3. The van der Waals surface area contributed by atoms with Crippen molar-refractivity contribution in [2.45, 2.75) is 26.4 Å². The minimum Gasteiger partial charge on any atom is -0.305 e. The largest absolute Gasteiger partial charge is 0.305 e. The summed E-state index contributed by atoms with van der Waals surface area (Å²) < 4.78 is 0. The van der Waals surface area contributed by atoms with Crippen LogP contribution in [0.3, 0.4) is 0 Å². The molecule has 1 heterocycles. The third kappa shape index (κ3) is 3.32. The molecule has 0 saturated carbocycles. The molecule has 0 aliphatic carbocycles. The Hall–Kier alpha value is -0.830. The Labute approximate surface area is 111 Å². The van der Waals surface area contributed by atoms with Gasteiger partial charge in [0.2, 0.25) is 0 Å². The molecule has 1 atom stereocenters. The lowest BCUT2D eigenvalue weighted by atomic mass is 10.1. The summed E-state index contributed by atoms with van der Waals surface area (Å²) in [7, 11) is 0. The van der Waals surface area contributed by atoms with E-state index in [1.165, 1.54) is 16.0 Å². The quantitative estimate of drug-likeness (QED) is 0.855. The first-order chi connectivity index (χ1) is 8.16. The van der Waals surface area contributed by atoms with Crippen molar-refractivity contribution < 1.29 is 0 Å². The SMILES string of the molecule is Cc1ccsc1CN[C@@H](C)c1cccc(Cl)c1. The summed E-state index contributed by atoms with van der Waals surface area (Å²) in [6.07, 6.45) is 0. The summed E-state index contributed by atoms with van der Waals surface area (Å²) >= 11 is 7.79. The van der Waals surface area contributed by atoms with E-state index >= 15 is 0 Å². The second-order valence-electron chi connectivity index (χ2n) is 4.18. The van der Waals surface area contributed by atoms with E-state index in [2.05, 4.69) is 36.7 Å². The van der Waals surface area contributed by atoms with Gasteiger partial charge >= 0.3 is 0 Å². The van der Waals surface area contributed by atoms with E-state index in [9.17, 15) is 0 Å². The lowest BCUT2D eigenvalue weighted by molar-refractivity contribution is 0.578. The first-order valence-electron chi connectivity index (χ1n) is 5.68. The molecule has 0 saturated heterocycles. The number of aryl methyl sites for hydroxylation is 1. The Kier molecular flexibility index (Phi) is 4.21. The van der Waals surface area contributed by atoms with Crippen LogP contribution >= 0.6 is 22.9 Å². The molecule has 0 amide bonds. The number of nitrogens with one attached hydrogen (secondary N) is 1. The molecule has 2 aromatic rings. The van der Waals surface area contributed by atoms with Crippen molar-refractivity contribution in [3.05, 3.63) is 56.7 Å². The molecule has 0 spiro atoms. The molecule has 1 aromatic carbocycles. The molecule has 2 rings (SSSR count). The molecule has 0 aliphatic heterocycles. The maximum atomic E-state index is 5.99. The smallest absolute Gasteiger partial charge is 0.0409 e. The molecule has 0 unspecified atom stereocenters. The van der Waals surface area contributed by atoms with Gasteiger partial charge < -0.3 is 5.32 Å². The van der Waals surface area contributed by atoms with Crippen LogP contribution in [-0.2, 0) is 6.54 Å². The molecule has 0 aliphatic rings. The number of benzene rings is 1. The topological polar surface area (TPSA) is 12.0 Å². The molecular weight excluding hydrogens is 250 g/mol. The summed E-state index contributed by atoms with van der Waals surface area (Å²) in [5.41, 5.74) is 2.59. The molecule has 0 radical (unpaired) electrons. The van der Waals surface area contributed by atoms with Crippen molar-refractivity contribution in [1.82, 2.24) is 5.32 Å². The van der Waals surface area contributed by atoms with Gasteiger partial charge in [-0.25, -0.2) is 0 Å². The summed E-state index contributed by atoms with van der Waals surface area (Å²) in [6, 6.07) is 10.5. The minimum atomic E-state index is 0.315. The number of hydrogen-bond acceptors (Lipinski definition) is 2. The Bertz CT molecular complexity index is 492. The Morgan fingerprint density at radius 1 is 1.35 bits per heavy atom. The first kappa shape index (κ1) is 12.6. The van der Waals surface area contributed by atoms with E-state index in [1.54, 1.807) is 11.3 Å². The maximum Gasteiger partial charge on any atom is 0.0409 e. The number of thiophene rings is 1. The standard InChI is InChI=1S/C14H16ClNS/c1-10-6-7-17-14(10)9-16-11(2)12-4-3-5-13(15)8-12/h3-8,11,16H,9H2,1-2H3/t11-/m0/s1. The second-order valence-corrected chi connectivity index (χ2v) is 5.62. The van der Waals surface area contributed by atoms with Crippen molar-refractivity contribution in [2.24, 2.45) is 0 Å². The van der Waals surface area contributed by atoms with Crippen molar-refractivity contribution >= 4 is 22.9 Å². The van der Waals surface area contributed by atoms with Gasteiger partial charge in [0.25, 0.3) is 0 Å². The molecule has 0 fully saturated rings. The Morgan fingerprint density at radius 2 is 2.18 bits per heavy atom. The average molecular weight is 266 g/mol. The summed E-state index contributed by atoms with van der Waals surface area (Å²) in [6.45, 7) is 5.23. The number of halogens is 1. The molecule has 90 valence electrons. The van der Waals surface area contributed by atoms with Crippen molar-refractivity contribution in [2.75, 3.05) is 0 Å². The van der Waals surface area contributed by atoms with E-state index in [4.69, 9.17) is 11.6 Å². The normalized spacial score (nSPS) is 12.6. The van der Waals surface area contributed by atoms with E-state index in [-0.39, 0.29) is 0 Å². The number of rotatable bonds is 4. The zero-order valence-electron chi connectivity index (χ0n) is 10.0. The Balaban J connectivity index is 1.98. The summed E-state index contributed by atoms with van der Waals surface area (Å²) in [5.74, 6) is 0. The third-order valence-corrected chi connectivity index (χ3v) is 4.14. The van der Waals surface area contributed by atoms with Gasteiger partial charge in [-0.2, -0.15) is 0 Å². The van der Waals surface area contributed by atoms with Gasteiger partial charge in [0.15, 0.2) is 0 Å². The zero-order valence-corrected chi connectivity index (χ0v) is 11.6. The maximum absolute atomic E-state index is 5.99. The van der Waals surface area contributed by atoms with Crippen LogP contribution in [0.2, 0.25) is 5.02 Å². The molecule has 3 heteroatoms. The highest BCUT2D eigenvalue weighted by molar-refractivity contribution is 7.10. The number of hydrogen-bond donors (Lipinski definition) is 1. The highest BCUT2D eigenvalue weighted by Crippen LogP contribution is 2.20. The van der Waals surface area contributed by atoms with Crippen LogP contribution in [0.15, 0.2) is 35.7 Å². The van der Waals surface area contributed by atoms with Crippen LogP contribution in [-0.4, -0.2) is 0 Å². The van der Waals surface area contributed by atoms with Gasteiger partial charge in [0, 0.05) is 22.5 Å². The molecule has 1 aromatic heterocycles.